The largest absolute Gasteiger partial charge is 0.227 e. The standard InChI is InChI=1S/C16H12O2S/c17-19(18)16-11-4-3-9-15(16)14-10-5-7-12-6-1-2-8-13(12)14/h1-11,19H. The van der Waals surface area contributed by atoms with E-state index in [2.05, 4.69) is 0 Å². The first-order chi connectivity index (χ1) is 9.27. The van der Waals surface area contributed by atoms with E-state index in [-0.39, 0.29) is 0 Å². The molecule has 0 atom stereocenters. The molecule has 3 heteroatoms. The fourth-order valence-electron chi connectivity index (χ4n) is 2.32. The normalized spacial score (nSPS) is 11.0. The monoisotopic (exact) mass is 268 g/mol. The smallest absolute Gasteiger partial charge is 0.168 e. The van der Waals surface area contributed by atoms with Crippen LogP contribution in [-0.2, 0) is 10.7 Å². The summed E-state index contributed by atoms with van der Waals surface area (Å²) in [7, 11) is -2.60. The molecule has 0 aliphatic rings. The number of benzene rings is 3. The lowest BCUT2D eigenvalue weighted by molar-refractivity contribution is 0.615. The van der Waals surface area contributed by atoms with Crippen LogP contribution < -0.4 is 0 Å². The summed E-state index contributed by atoms with van der Waals surface area (Å²) in [6.45, 7) is 0. The van der Waals surface area contributed by atoms with Gasteiger partial charge in [-0.25, -0.2) is 8.42 Å². The van der Waals surface area contributed by atoms with Crippen LogP contribution in [0.2, 0.25) is 0 Å². The minimum Gasteiger partial charge on any atom is -0.227 e. The fraction of sp³-hybridized carbons (Fsp3) is 0. The van der Waals surface area contributed by atoms with Gasteiger partial charge in [0.25, 0.3) is 0 Å². The molecule has 0 amide bonds. The summed E-state index contributed by atoms with van der Waals surface area (Å²) in [5.41, 5.74) is 1.71. The van der Waals surface area contributed by atoms with Crippen molar-refractivity contribution in [2.75, 3.05) is 0 Å². The second-order valence-corrected chi connectivity index (χ2v) is 5.30. The molecule has 19 heavy (non-hydrogen) atoms. The molecule has 0 spiro atoms. The third kappa shape index (κ3) is 2.13. The fourth-order valence-corrected chi connectivity index (χ4v) is 2.92. The molecule has 2 nitrogen and oxygen atoms in total. The Morgan fingerprint density at radius 3 is 2.11 bits per heavy atom. The van der Waals surface area contributed by atoms with Crippen molar-refractivity contribution in [3.63, 3.8) is 0 Å². The van der Waals surface area contributed by atoms with Crippen molar-refractivity contribution in [1.82, 2.24) is 0 Å². The summed E-state index contributed by atoms with van der Waals surface area (Å²) in [5.74, 6) is 0. The molecular weight excluding hydrogens is 256 g/mol. The molecule has 94 valence electrons. The summed E-state index contributed by atoms with van der Waals surface area (Å²) >= 11 is 0. The molecule has 3 rings (SSSR count). The number of hydrogen-bond acceptors (Lipinski definition) is 2. The Labute approximate surface area is 113 Å². The number of rotatable bonds is 2. The van der Waals surface area contributed by atoms with Crippen LogP contribution in [0.1, 0.15) is 0 Å². The van der Waals surface area contributed by atoms with Gasteiger partial charge in [-0.15, -0.1) is 0 Å². The first-order valence-corrected chi connectivity index (χ1v) is 7.16. The summed E-state index contributed by atoms with van der Waals surface area (Å²) in [6.07, 6.45) is 0. The van der Waals surface area contributed by atoms with E-state index in [1.54, 1.807) is 12.1 Å². The van der Waals surface area contributed by atoms with Gasteiger partial charge in [0.1, 0.15) is 0 Å². The van der Waals surface area contributed by atoms with Crippen molar-refractivity contribution >= 4 is 21.5 Å². The molecule has 0 saturated carbocycles. The minimum atomic E-state index is -2.60. The lowest BCUT2D eigenvalue weighted by Crippen LogP contribution is -1.88. The van der Waals surface area contributed by atoms with Crippen molar-refractivity contribution in [2.45, 2.75) is 4.90 Å². The highest BCUT2D eigenvalue weighted by Gasteiger charge is 2.09. The Kier molecular flexibility index (Phi) is 3.05. The van der Waals surface area contributed by atoms with E-state index in [4.69, 9.17) is 0 Å². The Morgan fingerprint density at radius 1 is 0.632 bits per heavy atom. The van der Waals surface area contributed by atoms with Crippen molar-refractivity contribution < 1.29 is 8.42 Å². The van der Waals surface area contributed by atoms with Crippen LogP contribution in [0.3, 0.4) is 0 Å². The summed E-state index contributed by atoms with van der Waals surface area (Å²) in [6, 6.07) is 21.0. The zero-order valence-corrected chi connectivity index (χ0v) is 11.0. The second kappa shape index (κ2) is 4.86. The highest BCUT2D eigenvalue weighted by molar-refractivity contribution is 7.72. The van der Waals surface area contributed by atoms with Crippen LogP contribution in [-0.4, -0.2) is 8.42 Å². The Balaban J connectivity index is 2.37. The van der Waals surface area contributed by atoms with Crippen LogP contribution in [0, 0.1) is 0 Å². The van der Waals surface area contributed by atoms with Crippen molar-refractivity contribution in [1.29, 1.82) is 0 Å². The van der Waals surface area contributed by atoms with Gasteiger partial charge in [-0.1, -0.05) is 60.7 Å². The van der Waals surface area contributed by atoms with E-state index in [0.29, 0.717) is 4.90 Å². The van der Waals surface area contributed by atoms with E-state index in [1.165, 1.54) is 0 Å². The van der Waals surface area contributed by atoms with Gasteiger partial charge >= 0.3 is 0 Å². The molecule has 0 bridgehead atoms. The van der Waals surface area contributed by atoms with Crippen LogP contribution in [0.4, 0.5) is 0 Å². The molecular formula is C16H12O2S. The van der Waals surface area contributed by atoms with E-state index in [0.717, 1.165) is 21.9 Å². The predicted octanol–water partition coefficient (Wildman–Crippen LogP) is 3.48. The average Bonchev–Trinajstić information content (AvgIpc) is 2.46. The Morgan fingerprint density at radius 2 is 1.26 bits per heavy atom. The van der Waals surface area contributed by atoms with Gasteiger partial charge in [0.2, 0.25) is 0 Å². The number of fused-ring (bicyclic) bond motifs is 1. The van der Waals surface area contributed by atoms with Gasteiger partial charge in [-0.3, -0.25) is 0 Å². The number of hydrogen-bond donors (Lipinski definition) is 1. The highest BCUT2D eigenvalue weighted by atomic mass is 32.2. The van der Waals surface area contributed by atoms with E-state index >= 15 is 0 Å². The predicted molar refractivity (Wildman–Crippen MR) is 78.0 cm³/mol. The van der Waals surface area contributed by atoms with Gasteiger partial charge in [0, 0.05) is 5.56 Å². The SMILES string of the molecule is O=[SH](=O)c1ccccc1-c1cccc2ccccc12. The molecule has 0 fully saturated rings. The summed E-state index contributed by atoms with van der Waals surface area (Å²) < 4.78 is 22.7. The first kappa shape index (κ1) is 11.9. The third-order valence-electron chi connectivity index (χ3n) is 3.18. The van der Waals surface area contributed by atoms with Gasteiger partial charge in [0.15, 0.2) is 10.7 Å². The van der Waals surface area contributed by atoms with Gasteiger partial charge < -0.3 is 0 Å². The lowest BCUT2D eigenvalue weighted by atomic mass is 9.98. The third-order valence-corrected chi connectivity index (χ3v) is 3.96. The first-order valence-electron chi connectivity index (χ1n) is 5.99. The maximum atomic E-state index is 11.4. The van der Waals surface area contributed by atoms with Crippen LogP contribution in [0.25, 0.3) is 21.9 Å². The highest BCUT2D eigenvalue weighted by Crippen LogP contribution is 2.31. The Hall–Kier alpha value is -2.13. The maximum Gasteiger partial charge on any atom is 0.168 e. The Bertz CT molecular complexity index is 806. The molecule has 0 radical (unpaired) electrons. The zero-order chi connectivity index (χ0) is 13.2. The zero-order valence-electron chi connectivity index (χ0n) is 10.1. The molecule has 0 aromatic heterocycles. The molecule has 3 aromatic rings. The molecule has 0 unspecified atom stereocenters. The van der Waals surface area contributed by atoms with Gasteiger partial charge in [0.05, 0.1) is 4.90 Å². The van der Waals surface area contributed by atoms with E-state index in [9.17, 15) is 8.42 Å². The van der Waals surface area contributed by atoms with Crippen LogP contribution in [0.5, 0.6) is 0 Å². The molecule has 3 aromatic carbocycles. The average molecular weight is 268 g/mol. The number of thiol groups is 1. The van der Waals surface area contributed by atoms with E-state index in [1.807, 2.05) is 54.6 Å². The van der Waals surface area contributed by atoms with Crippen LogP contribution in [0.15, 0.2) is 71.6 Å². The van der Waals surface area contributed by atoms with Crippen molar-refractivity contribution in [3.8, 4) is 11.1 Å². The van der Waals surface area contributed by atoms with Crippen molar-refractivity contribution in [2.24, 2.45) is 0 Å². The summed E-state index contributed by atoms with van der Waals surface area (Å²) in [5, 5.41) is 2.17. The topological polar surface area (TPSA) is 34.1 Å². The molecule has 0 aliphatic carbocycles. The van der Waals surface area contributed by atoms with Gasteiger partial charge in [-0.2, -0.15) is 0 Å². The molecule has 0 aliphatic heterocycles. The van der Waals surface area contributed by atoms with E-state index < -0.39 is 10.7 Å². The van der Waals surface area contributed by atoms with Crippen molar-refractivity contribution in [3.05, 3.63) is 66.7 Å². The minimum absolute atomic E-state index is 0.369. The summed E-state index contributed by atoms with van der Waals surface area (Å²) in [4.78, 5) is 0.369. The van der Waals surface area contributed by atoms with Gasteiger partial charge in [-0.05, 0) is 22.4 Å². The molecule has 0 N–H and O–H groups in total. The maximum absolute atomic E-state index is 11.4. The molecule has 0 heterocycles. The van der Waals surface area contributed by atoms with Crippen LogP contribution >= 0.6 is 0 Å². The quantitative estimate of drug-likeness (QED) is 0.722. The second-order valence-electron chi connectivity index (χ2n) is 4.30. The molecule has 0 saturated heterocycles. The lowest BCUT2D eigenvalue weighted by Gasteiger charge is -2.08.